The Bertz CT molecular complexity index is 698. The van der Waals surface area contributed by atoms with Crippen LogP contribution in [0.2, 0.25) is 0 Å². The van der Waals surface area contributed by atoms with Crippen LogP contribution >= 0.6 is 11.3 Å². The highest BCUT2D eigenvalue weighted by molar-refractivity contribution is 7.91. The van der Waals surface area contributed by atoms with Gasteiger partial charge in [0, 0.05) is 38.1 Å². The van der Waals surface area contributed by atoms with E-state index in [-0.39, 0.29) is 11.8 Å². The van der Waals surface area contributed by atoms with E-state index in [1.54, 1.807) is 17.5 Å². The van der Waals surface area contributed by atoms with Gasteiger partial charge in [0.05, 0.1) is 0 Å². The van der Waals surface area contributed by atoms with E-state index in [4.69, 9.17) is 0 Å². The molecule has 2 aliphatic rings. The first-order chi connectivity index (χ1) is 13.0. The molecule has 8 heteroatoms. The van der Waals surface area contributed by atoms with Crippen molar-refractivity contribution < 1.29 is 13.2 Å². The number of thiophene rings is 1. The van der Waals surface area contributed by atoms with Crippen LogP contribution < -0.4 is 5.32 Å². The SMILES string of the molecule is C[C@H]1CCCCN1CCCNC(=O)C1CCN(S(=O)(=O)c2cccs2)CC1. The van der Waals surface area contributed by atoms with E-state index in [2.05, 4.69) is 17.1 Å². The molecule has 1 atom stereocenters. The second kappa shape index (κ2) is 9.49. The minimum absolute atomic E-state index is 0.0753. The van der Waals surface area contributed by atoms with Gasteiger partial charge in [0.25, 0.3) is 10.0 Å². The van der Waals surface area contributed by atoms with Gasteiger partial charge in [0.15, 0.2) is 0 Å². The number of carbonyl (C=O) groups is 1. The van der Waals surface area contributed by atoms with Crippen molar-refractivity contribution in [2.45, 2.75) is 55.7 Å². The monoisotopic (exact) mass is 413 g/mol. The highest BCUT2D eigenvalue weighted by atomic mass is 32.2. The molecule has 1 amide bonds. The van der Waals surface area contributed by atoms with Gasteiger partial charge < -0.3 is 10.2 Å². The van der Waals surface area contributed by atoms with Gasteiger partial charge in [-0.15, -0.1) is 11.3 Å². The predicted octanol–water partition coefficient (Wildman–Crippen LogP) is 2.53. The summed E-state index contributed by atoms with van der Waals surface area (Å²) in [4.78, 5) is 14.9. The van der Waals surface area contributed by atoms with E-state index < -0.39 is 10.0 Å². The van der Waals surface area contributed by atoms with Crippen molar-refractivity contribution in [3.8, 4) is 0 Å². The number of carbonyl (C=O) groups excluding carboxylic acids is 1. The third-order valence-electron chi connectivity index (χ3n) is 5.78. The fourth-order valence-corrected chi connectivity index (χ4v) is 6.64. The molecule has 0 spiro atoms. The maximum Gasteiger partial charge on any atom is 0.252 e. The average molecular weight is 414 g/mol. The van der Waals surface area contributed by atoms with Crippen molar-refractivity contribution in [3.63, 3.8) is 0 Å². The van der Waals surface area contributed by atoms with Gasteiger partial charge in [0.1, 0.15) is 4.21 Å². The van der Waals surface area contributed by atoms with Crippen LogP contribution in [0.5, 0.6) is 0 Å². The molecular formula is C19H31N3O3S2. The lowest BCUT2D eigenvalue weighted by atomic mass is 9.97. The zero-order valence-electron chi connectivity index (χ0n) is 16.1. The molecule has 152 valence electrons. The molecule has 0 aliphatic carbocycles. The molecule has 0 saturated carbocycles. The van der Waals surface area contributed by atoms with E-state index in [9.17, 15) is 13.2 Å². The number of rotatable bonds is 7. The van der Waals surface area contributed by atoms with Crippen molar-refractivity contribution in [1.29, 1.82) is 0 Å². The minimum atomic E-state index is -3.39. The molecule has 0 unspecified atom stereocenters. The van der Waals surface area contributed by atoms with Crippen LogP contribution in [0.1, 0.15) is 45.4 Å². The number of likely N-dealkylation sites (tertiary alicyclic amines) is 1. The Balaban J connectivity index is 1.37. The molecule has 3 rings (SSSR count). The van der Waals surface area contributed by atoms with Gasteiger partial charge in [0.2, 0.25) is 5.91 Å². The van der Waals surface area contributed by atoms with Crippen LogP contribution in [0.25, 0.3) is 0 Å². The van der Waals surface area contributed by atoms with Crippen LogP contribution in [0.3, 0.4) is 0 Å². The zero-order valence-corrected chi connectivity index (χ0v) is 17.7. The van der Waals surface area contributed by atoms with E-state index in [0.717, 1.165) is 13.0 Å². The summed E-state index contributed by atoms with van der Waals surface area (Å²) in [5, 5.41) is 4.83. The predicted molar refractivity (Wildman–Crippen MR) is 108 cm³/mol. The van der Waals surface area contributed by atoms with Crippen molar-refractivity contribution in [2.24, 2.45) is 5.92 Å². The quantitative estimate of drug-likeness (QED) is 0.698. The second-order valence-electron chi connectivity index (χ2n) is 7.64. The lowest BCUT2D eigenvalue weighted by Gasteiger charge is -2.33. The Morgan fingerprint density at radius 2 is 2.00 bits per heavy atom. The highest BCUT2D eigenvalue weighted by Crippen LogP contribution is 2.26. The topological polar surface area (TPSA) is 69.7 Å². The molecule has 0 radical (unpaired) electrons. The lowest BCUT2D eigenvalue weighted by molar-refractivity contribution is -0.126. The van der Waals surface area contributed by atoms with E-state index in [1.165, 1.54) is 41.4 Å². The standard InChI is InChI=1S/C19H31N3O3S2/c1-16-6-2-3-11-21(16)12-5-10-20-19(23)17-8-13-22(14-9-17)27(24,25)18-7-4-15-26-18/h4,7,15-17H,2-3,5-6,8-14H2,1H3,(H,20,23)/t16-/m0/s1. The fourth-order valence-electron chi connectivity index (χ4n) is 4.02. The molecule has 0 bridgehead atoms. The number of hydrogen-bond acceptors (Lipinski definition) is 5. The summed E-state index contributed by atoms with van der Waals surface area (Å²) in [5.74, 6) is 0.00330. The molecule has 1 N–H and O–H groups in total. The lowest BCUT2D eigenvalue weighted by Crippen LogP contribution is -2.43. The molecule has 1 aromatic rings. The Kier molecular flexibility index (Phi) is 7.30. The van der Waals surface area contributed by atoms with Crippen LogP contribution in [0.15, 0.2) is 21.7 Å². The fraction of sp³-hybridized carbons (Fsp3) is 0.737. The molecule has 3 heterocycles. The highest BCUT2D eigenvalue weighted by Gasteiger charge is 2.32. The smallest absolute Gasteiger partial charge is 0.252 e. The number of hydrogen-bond donors (Lipinski definition) is 1. The Morgan fingerprint density at radius 1 is 1.22 bits per heavy atom. The first-order valence-electron chi connectivity index (χ1n) is 10.0. The number of piperidine rings is 2. The van der Waals surface area contributed by atoms with Crippen LogP contribution in [-0.2, 0) is 14.8 Å². The van der Waals surface area contributed by atoms with Crippen molar-refractivity contribution in [3.05, 3.63) is 17.5 Å². The summed E-state index contributed by atoms with van der Waals surface area (Å²) in [7, 11) is -3.39. The van der Waals surface area contributed by atoms with Gasteiger partial charge in [-0.2, -0.15) is 4.31 Å². The van der Waals surface area contributed by atoms with Crippen LogP contribution in [0, 0.1) is 5.92 Å². The summed E-state index contributed by atoms with van der Waals surface area (Å²) in [5.41, 5.74) is 0. The van der Waals surface area contributed by atoms with E-state index in [0.29, 0.717) is 42.7 Å². The minimum Gasteiger partial charge on any atom is -0.356 e. The zero-order chi connectivity index (χ0) is 19.3. The third kappa shape index (κ3) is 5.31. The number of nitrogens with zero attached hydrogens (tertiary/aromatic N) is 2. The van der Waals surface area contributed by atoms with Crippen LogP contribution in [0.4, 0.5) is 0 Å². The molecule has 2 saturated heterocycles. The van der Waals surface area contributed by atoms with Crippen LogP contribution in [-0.4, -0.2) is 62.3 Å². The summed E-state index contributed by atoms with van der Waals surface area (Å²) in [6.45, 7) is 6.05. The van der Waals surface area contributed by atoms with Crippen molar-refractivity contribution in [2.75, 3.05) is 32.7 Å². The average Bonchev–Trinajstić information content (AvgIpc) is 3.22. The van der Waals surface area contributed by atoms with Crippen molar-refractivity contribution >= 4 is 27.3 Å². The number of sulfonamides is 1. The summed E-state index contributed by atoms with van der Waals surface area (Å²) >= 11 is 1.24. The van der Waals surface area contributed by atoms with Gasteiger partial charge in [-0.05, 0) is 57.0 Å². The Morgan fingerprint density at radius 3 is 2.67 bits per heavy atom. The van der Waals surface area contributed by atoms with Gasteiger partial charge in [-0.3, -0.25) is 4.79 Å². The van der Waals surface area contributed by atoms with Gasteiger partial charge in [-0.1, -0.05) is 12.5 Å². The van der Waals surface area contributed by atoms with Gasteiger partial charge in [-0.25, -0.2) is 8.42 Å². The first-order valence-corrected chi connectivity index (χ1v) is 12.4. The molecule has 2 fully saturated rings. The van der Waals surface area contributed by atoms with E-state index in [1.807, 2.05) is 0 Å². The molecule has 0 aromatic carbocycles. The molecule has 6 nitrogen and oxygen atoms in total. The largest absolute Gasteiger partial charge is 0.356 e. The van der Waals surface area contributed by atoms with Gasteiger partial charge >= 0.3 is 0 Å². The number of amides is 1. The molecule has 27 heavy (non-hydrogen) atoms. The number of nitrogens with one attached hydrogen (secondary N) is 1. The summed E-state index contributed by atoms with van der Waals surface area (Å²) < 4.78 is 27.0. The Labute approximate surface area is 167 Å². The molecule has 1 aromatic heterocycles. The normalized spacial score (nSPS) is 23.4. The summed E-state index contributed by atoms with van der Waals surface area (Å²) in [6, 6.07) is 4.05. The Hall–Kier alpha value is -0.960. The first kappa shape index (κ1) is 20.8. The second-order valence-corrected chi connectivity index (χ2v) is 10.7. The molecule has 2 aliphatic heterocycles. The molecular weight excluding hydrogens is 382 g/mol. The maximum absolute atomic E-state index is 12.5. The summed E-state index contributed by atoms with van der Waals surface area (Å²) in [6.07, 6.45) is 6.05. The van der Waals surface area contributed by atoms with E-state index >= 15 is 0 Å². The maximum atomic E-state index is 12.5. The van der Waals surface area contributed by atoms with Crippen molar-refractivity contribution in [1.82, 2.24) is 14.5 Å². The third-order valence-corrected chi connectivity index (χ3v) is 9.05.